The lowest BCUT2D eigenvalue weighted by molar-refractivity contribution is -0.0168. The monoisotopic (exact) mass is 338 g/mol. The molecule has 3 heterocycles. The van der Waals surface area contributed by atoms with Crippen molar-refractivity contribution in [1.29, 1.82) is 0 Å². The number of benzene rings is 1. The van der Waals surface area contributed by atoms with E-state index in [0.717, 1.165) is 32.1 Å². The highest BCUT2D eigenvalue weighted by Crippen LogP contribution is 2.23. The van der Waals surface area contributed by atoms with Crippen LogP contribution in [0.3, 0.4) is 0 Å². The number of hydrogen-bond acceptors (Lipinski definition) is 5. The molecule has 25 heavy (non-hydrogen) atoms. The van der Waals surface area contributed by atoms with Gasteiger partial charge in [-0.1, -0.05) is 30.3 Å². The minimum Gasteiger partial charge on any atom is -0.378 e. The first-order chi connectivity index (χ1) is 12.3. The van der Waals surface area contributed by atoms with Crippen LogP contribution in [0.5, 0.6) is 0 Å². The Labute approximate surface area is 146 Å². The lowest BCUT2D eigenvalue weighted by Crippen LogP contribution is -2.40. The Balaban J connectivity index is 1.50. The lowest BCUT2D eigenvalue weighted by atomic mass is 10.2. The molecule has 1 aliphatic heterocycles. The summed E-state index contributed by atoms with van der Waals surface area (Å²) in [7, 11) is 2.02. The molecule has 0 aliphatic carbocycles. The van der Waals surface area contributed by atoms with Crippen LogP contribution in [0.4, 0.5) is 0 Å². The van der Waals surface area contributed by atoms with Gasteiger partial charge in [-0.25, -0.2) is 14.6 Å². The topological polar surface area (TPSA) is 61.0 Å². The number of aromatic nitrogens is 5. The van der Waals surface area contributed by atoms with Crippen molar-refractivity contribution in [3.63, 3.8) is 0 Å². The second-order valence-electron chi connectivity index (χ2n) is 6.34. The number of imidazole rings is 1. The number of hydrogen-bond donors (Lipinski definition) is 0. The van der Waals surface area contributed by atoms with Gasteiger partial charge in [-0.15, -0.1) is 0 Å². The summed E-state index contributed by atoms with van der Waals surface area (Å²) in [5.74, 6) is 0.817. The zero-order chi connectivity index (χ0) is 17.1. The summed E-state index contributed by atoms with van der Waals surface area (Å²) in [6, 6.07) is 10.4. The van der Waals surface area contributed by atoms with Crippen molar-refractivity contribution in [1.82, 2.24) is 29.2 Å². The summed E-state index contributed by atoms with van der Waals surface area (Å²) in [5, 5.41) is 4.69. The van der Waals surface area contributed by atoms with Gasteiger partial charge in [-0.05, 0) is 5.56 Å². The number of rotatable bonds is 5. The Bertz CT molecular complexity index is 812. The molecule has 2 aromatic heterocycles. The fraction of sp³-hybridized carbons (Fsp3) is 0.389. The van der Waals surface area contributed by atoms with Gasteiger partial charge in [0.1, 0.15) is 6.33 Å². The Kier molecular flexibility index (Phi) is 4.58. The van der Waals surface area contributed by atoms with Gasteiger partial charge in [0, 0.05) is 26.3 Å². The van der Waals surface area contributed by atoms with Crippen LogP contribution in [0.25, 0.3) is 0 Å². The van der Waals surface area contributed by atoms with Crippen LogP contribution in [0.2, 0.25) is 0 Å². The average molecular weight is 338 g/mol. The molecular weight excluding hydrogens is 316 g/mol. The predicted octanol–water partition coefficient (Wildman–Crippen LogP) is 1.63. The summed E-state index contributed by atoms with van der Waals surface area (Å²) in [6.45, 7) is 3.76. The smallest absolute Gasteiger partial charge is 0.170 e. The van der Waals surface area contributed by atoms with Gasteiger partial charge in [0.15, 0.2) is 5.82 Å². The Morgan fingerprint density at radius 2 is 2.04 bits per heavy atom. The highest BCUT2D eigenvalue weighted by molar-refractivity contribution is 5.14. The van der Waals surface area contributed by atoms with Crippen LogP contribution in [-0.4, -0.2) is 49.0 Å². The second kappa shape index (κ2) is 7.16. The summed E-state index contributed by atoms with van der Waals surface area (Å²) in [4.78, 5) is 11.1. The molecule has 7 nitrogen and oxygen atoms in total. The number of nitrogens with zero attached hydrogens (tertiary/aromatic N) is 6. The zero-order valence-electron chi connectivity index (χ0n) is 14.3. The van der Waals surface area contributed by atoms with E-state index in [4.69, 9.17) is 9.84 Å². The van der Waals surface area contributed by atoms with E-state index < -0.39 is 0 Å². The number of aryl methyl sites for hydroxylation is 1. The highest BCUT2D eigenvalue weighted by Gasteiger charge is 2.28. The van der Waals surface area contributed by atoms with E-state index in [1.54, 1.807) is 6.33 Å². The SMILES string of the molecule is Cn1cncc1CN1CCOCC1c1ncn(Cc2ccccc2)n1. The summed E-state index contributed by atoms with van der Waals surface area (Å²) < 4.78 is 9.63. The van der Waals surface area contributed by atoms with Gasteiger partial charge >= 0.3 is 0 Å². The zero-order valence-corrected chi connectivity index (χ0v) is 14.3. The maximum absolute atomic E-state index is 5.69. The predicted molar refractivity (Wildman–Crippen MR) is 92.7 cm³/mol. The fourth-order valence-corrected chi connectivity index (χ4v) is 3.12. The van der Waals surface area contributed by atoms with Crippen molar-refractivity contribution < 1.29 is 4.74 Å². The molecule has 0 bridgehead atoms. The molecule has 130 valence electrons. The van der Waals surface area contributed by atoms with Crippen molar-refractivity contribution in [2.45, 2.75) is 19.1 Å². The number of morpholine rings is 1. The molecule has 1 unspecified atom stereocenters. The molecule has 0 saturated carbocycles. The molecule has 3 aromatic rings. The van der Waals surface area contributed by atoms with E-state index in [2.05, 4.69) is 27.0 Å². The van der Waals surface area contributed by atoms with Gasteiger partial charge in [0.25, 0.3) is 0 Å². The molecule has 1 saturated heterocycles. The van der Waals surface area contributed by atoms with Crippen LogP contribution in [0, 0.1) is 0 Å². The minimum absolute atomic E-state index is 0.0701. The molecule has 1 atom stereocenters. The third kappa shape index (κ3) is 3.62. The van der Waals surface area contributed by atoms with Crippen molar-refractivity contribution >= 4 is 0 Å². The Hall–Kier alpha value is -2.51. The summed E-state index contributed by atoms with van der Waals surface area (Å²) in [6.07, 6.45) is 5.55. The van der Waals surface area contributed by atoms with Crippen molar-refractivity contribution in [2.24, 2.45) is 7.05 Å². The van der Waals surface area contributed by atoms with Crippen LogP contribution in [-0.2, 0) is 24.9 Å². The molecular formula is C18H22N6O. The maximum atomic E-state index is 5.69. The van der Waals surface area contributed by atoms with Crippen molar-refractivity contribution in [3.8, 4) is 0 Å². The van der Waals surface area contributed by atoms with E-state index >= 15 is 0 Å². The van der Waals surface area contributed by atoms with Crippen LogP contribution in [0.15, 0.2) is 49.2 Å². The van der Waals surface area contributed by atoms with Gasteiger partial charge in [0.05, 0.1) is 37.8 Å². The first-order valence-corrected chi connectivity index (χ1v) is 8.50. The number of ether oxygens (including phenoxy) is 1. The first kappa shape index (κ1) is 16.0. The third-order valence-corrected chi connectivity index (χ3v) is 4.56. The van der Waals surface area contributed by atoms with Gasteiger partial charge in [-0.2, -0.15) is 5.10 Å². The van der Waals surface area contributed by atoms with E-state index in [-0.39, 0.29) is 6.04 Å². The molecule has 1 fully saturated rings. The second-order valence-corrected chi connectivity index (χ2v) is 6.34. The molecule has 1 aliphatic rings. The van der Waals surface area contributed by atoms with Gasteiger partial charge in [0.2, 0.25) is 0 Å². The highest BCUT2D eigenvalue weighted by atomic mass is 16.5. The Morgan fingerprint density at radius 3 is 2.84 bits per heavy atom. The van der Waals surface area contributed by atoms with E-state index in [1.807, 2.05) is 47.0 Å². The lowest BCUT2D eigenvalue weighted by Gasteiger charge is -2.33. The van der Waals surface area contributed by atoms with Crippen LogP contribution >= 0.6 is 0 Å². The average Bonchev–Trinajstić information content (AvgIpc) is 3.26. The first-order valence-electron chi connectivity index (χ1n) is 8.50. The molecule has 1 aromatic carbocycles. The quantitative estimate of drug-likeness (QED) is 0.708. The maximum Gasteiger partial charge on any atom is 0.170 e. The summed E-state index contributed by atoms with van der Waals surface area (Å²) >= 11 is 0. The van der Waals surface area contributed by atoms with E-state index in [0.29, 0.717) is 6.61 Å². The molecule has 0 radical (unpaired) electrons. The standard InChI is InChI=1S/C18H22N6O/c1-22-13-19-9-16(22)11-23-7-8-25-12-17(23)18-20-14-24(21-18)10-15-5-3-2-4-6-15/h2-6,9,13-14,17H,7-8,10-12H2,1H3. The third-order valence-electron chi connectivity index (χ3n) is 4.56. The van der Waals surface area contributed by atoms with E-state index in [9.17, 15) is 0 Å². The normalized spacial score (nSPS) is 18.5. The summed E-state index contributed by atoms with van der Waals surface area (Å²) in [5.41, 5.74) is 2.39. The van der Waals surface area contributed by atoms with Gasteiger partial charge in [-0.3, -0.25) is 4.90 Å². The molecule has 0 spiro atoms. The Morgan fingerprint density at radius 1 is 1.16 bits per heavy atom. The molecule has 0 N–H and O–H groups in total. The fourth-order valence-electron chi connectivity index (χ4n) is 3.12. The van der Waals surface area contributed by atoms with Gasteiger partial charge < -0.3 is 9.30 Å². The van der Waals surface area contributed by atoms with Crippen molar-refractivity contribution in [3.05, 3.63) is 66.3 Å². The molecule has 7 heteroatoms. The molecule has 4 rings (SSSR count). The van der Waals surface area contributed by atoms with Crippen LogP contribution in [0.1, 0.15) is 23.1 Å². The minimum atomic E-state index is 0.0701. The van der Waals surface area contributed by atoms with E-state index in [1.165, 1.54) is 11.3 Å². The van der Waals surface area contributed by atoms with Crippen LogP contribution < -0.4 is 0 Å². The largest absolute Gasteiger partial charge is 0.378 e. The molecule has 0 amide bonds. The van der Waals surface area contributed by atoms with Crippen molar-refractivity contribution in [2.75, 3.05) is 19.8 Å².